The zero-order valence-electron chi connectivity index (χ0n) is 9.08. The second kappa shape index (κ2) is 4.84. The maximum atomic E-state index is 9.35. The largest absolute Gasteiger partial charge is 0.508 e. The number of hydrogen-bond donors (Lipinski definition) is 3. The van der Waals surface area contributed by atoms with Gasteiger partial charge in [-0.05, 0) is 19.1 Å². The van der Waals surface area contributed by atoms with E-state index in [0.717, 1.165) is 0 Å². The number of hydrogen-bond acceptors (Lipinski definition) is 6. The molecule has 0 radical (unpaired) electrons. The predicted octanol–water partition coefficient (Wildman–Crippen LogP) is 2.39. The van der Waals surface area contributed by atoms with Crippen molar-refractivity contribution >= 4 is 22.2 Å². The molecule has 1 heterocycles. The highest BCUT2D eigenvalue weighted by Gasteiger charge is 2.02. The van der Waals surface area contributed by atoms with Crippen LogP contribution in [0.1, 0.15) is 12.5 Å². The minimum absolute atomic E-state index is 0.00352. The molecule has 0 aliphatic carbocycles. The number of aromatic hydroxyl groups is 2. The van der Waals surface area contributed by atoms with Crippen LogP contribution in [-0.2, 0) is 0 Å². The molecule has 6 heteroatoms. The van der Waals surface area contributed by atoms with E-state index in [1.807, 2.05) is 5.38 Å². The van der Waals surface area contributed by atoms with E-state index < -0.39 is 0 Å². The number of rotatable bonds is 3. The average Bonchev–Trinajstić information content (AvgIpc) is 2.77. The van der Waals surface area contributed by atoms with Gasteiger partial charge in [-0.15, -0.1) is 11.3 Å². The predicted molar refractivity (Wildman–Crippen MR) is 67.7 cm³/mol. The number of nitrogens with zero attached hydrogens (tertiary/aromatic N) is 2. The van der Waals surface area contributed by atoms with Crippen LogP contribution < -0.4 is 5.43 Å². The topological polar surface area (TPSA) is 77.7 Å². The molecule has 0 unspecified atom stereocenters. The summed E-state index contributed by atoms with van der Waals surface area (Å²) < 4.78 is 0. The molecule has 3 N–H and O–H groups in total. The zero-order chi connectivity index (χ0) is 12.3. The van der Waals surface area contributed by atoms with Crippen LogP contribution in [0.3, 0.4) is 0 Å². The lowest BCUT2D eigenvalue weighted by Crippen LogP contribution is -1.99. The summed E-state index contributed by atoms with van der Waals surface area (Å²) in [7, 11) is 0. The molecule has 17 heavy (non-hydrogen) atoms. The van der Waals surface area contributed by atoms with E-state index in [2.05, 4.69) is 15.5 Å². The fourth-order valence-electron chi connectivity index (χ4n) is 1.28. The third-order valence-corrected chi connectivity index (χ3v) is 2.75. The summed E-state index contributed by atoms with van der Waals surface area (Å²) in [5, 5.41) is 25.3. The number of phenolic OH excluding ortho intramolecular Hbond substituents is 2. The molecule has 0 aliphatic rings. The fourth-order valence-corrected chi connectivity index (χ4v) is 1.75. The van der Waals surface area contributed by atoms with E-state index in [1.54, 1.807) is 13.1 Å². The molecule has 0 saturated heterocycles. The highest BCUT2D eigenvalue weighted by molar-refractivity contribution is 7.13. The molecular formula is C11H11N3O2S. The lowest BCUT2D eigenvalue weighted by molar-refractivity contribution is 0.450. The number of hydrazone groups is 1. The van der Waals surface area contributed by atoms with Gasteiger partial charge in [-0.2, -0.15) is 5.10 Å². The Kier molecular flexibility index (Phi) is 3.24. The van der Waals surface area contributed by atoms with Crippen LogP contribution >= 0.6 is 11.3 Å². The van der Waals surface area contributed by atoms with Crippen molar-refractivity contribution in [3.63, 3.8) is 0 Å². The molecule has 0 fully saturated rings. The van der Waals surface area contributed by atoms with Crippen LogP contribution in [0.15, 0.2) is 34.9 Å². The molecule has 0 amide bonds. The molecule has 0 aliphatic heterocycles. The van der Waals surface area contributed by atoms with Gasteiger partial charge in [0.1, 0.15) is 11.5 Å². The summed E-state index contributed by atoms with van der Waals surface area (Å²) in [6.45, 7) is 1.77. The number of thiazole rings is 1. The highest BCUT2D eigenvalue weighted by Crippen LogP contribution is 2.21. The second-order valence-electron chi connectivity index (χ2n) is 3.38. The molecule has 0 spiro atoms. The lowest BCUT2D eigenvalue weighted by atomic mass is 10.1. The summed E-state index contributed by atoms with van der Waals surface area (Å²) in [6, 6.07) is 4.33. The van der Waals surface area contributed by atoms with Crippen molar-refractivity contribution in [1.82, 2.24) is 4.98 Å². The van der Waals surface area contributed by atoms with Gasteiger partial charge < -0.3 is 10.2 Å². The molecule has 0 atom stereocenters. The molecule has 2 aromatic rings. The van der Waals surface area contributed by atoms with Crippen molar-refractivity contribution < 1.29 is 10.2 Å². The fraction of sp³-hybridized carbons (Fsp3) is 0.0909. The third kappa shape index (κ3) is 2.94. The van der Waals surface area contributed by atoms with Crippen molar-refractivity contribution in [2.75, 3.05) is 5.43 Å². The third-order valence-electron chi connectivity index (χ3n) is 2.07. The van der Waals surface area contributed by atoms with Crippen molar-refractivity contribution in [2.45, 2.75) is 6.92 Å². The van der Waals surface area contributed by atoms with E-state index in [-0.39, 0.29) is 11.5 Å². The van der Waals surface area contributed by atoms with Crippen LogP contribution in [0.2, 0.25) is 0 Å². The Morgan fingerprint density at radius 3 is 2.59 bits per heavy atom. The van der Waals surface area contributed by atoms with Gasteiger partial charge in [-0.1, -0.05) is 0 Å². The van der Waals surface area contributed by atoms with Crippen molar-refractivity contribution in [1.29, 1.82) is 0 Å². The van der Waals surface area contributed by atoms with Gasteiger partial charge in [0.05, 0.1) is 5.71 Å². The van der Waals surface area contributed by atoms with Crippen molar-refractivity contribution in [2.24, 2.45) is 5.10 Å². The standard InChI is InChI=1S/C11H11N3O2S/c1-7(13-14-11-12-2-3-17-11)8-4-9(15)6-10(16)5-8/h2-6,15-16H,1H3,(H,12,14)/b13-7+. The van der Waals surface area contributed by atoms with E-state index in [4.69, 9.17) is 0 Å². The normalized spacial score (nSPS) is 11.5. The van der Waals surface area contributed by atoms with Crippen LogP contribution in [-0.4, -0.2) is 20.9 Å². The second-order valence-corrected chi connectivity index (χ2v) is 4.28. The van der Waals surface area contributed by atoms with Gasteiger partial charge in [-0.25, -0.2) is 4.98 Å². The molecule has 1 aromatic heterocycles. The quantitative estimate of drug-likeness (QED) is 0.576. The highest BCUT2D eigenvalue weighted by atomic mass is 32.1. The Hall–Kier alpha value is -2.08. The molecule has 0 bridgehead atoms. The van der Waals surface area contributed by atoms with Gasteiger partial charge in [0.2, 0.25) is 5.13 Å². The number of phenols is 2. The van der Waals surface area contributed by atoms with Gasteiger partial charge in [-0.3, -0.25) is 5.43 Å². The Balaban J connectivity index is 2.18. The van der Waals surface area contributed by atoms with E-state index >= 15 is 0 Å². The zero-order valence-corrected chi connectivity index (χ0v) is 9.90. The minimum Gasteiger partial charge on any atom is -0.508 e. The van der Waals surface area contributed by atoms with Gasteiger partial charge in [0.15, 0.2) is 0 Å². The van der Waals surface area contributed by atoms with Crippen LogP contribution in [0.25, 0.3) is 0 Å². The first kappa shape index (κ1) is 11.4. The van der Waals surface area contributed by atoms with Crippen LogP contribution in [0.5, 0.6) is 11.5 Å². The number of benzene rings is 1. The average molecular weight is 249 g/mol. The number of aromatic nitrogens is 1. The molecular weight excluding hydrogens is 238 g/mol. The summed E-state index contributed by atoms with van der Waals surface area (Å²) >= 11 is 1.44. The molecule has 0 saturated carbocycles. The summed E-state index contributed by atoms with van der Waals surface area (Å²) in [5.41, 5.74) is 4.08. The van der Waals surface area contributed by atoms with Gasteiger partial charge in [0, 0.05) is 23.2 Å². The maximum absolute atomic E-state index is 9.35. The van der Waals surface area contributed by atoms with Gasteiger partial charge >= 0.3 is 0 Å². The summed E-state index contributed by atoms with van der Waals surface area (Å²) in [5.74, 6) is 0.00703. The Labute approximate surface area is 102 Å². The number of anilines is 1. The molecule has 5 nitrogen and oxygen atoms in total. The SMILES string of the molecule is C/C(=N\Nc1nccs1)c1cc(O)cc(O)c1. The van der Waals surface area contributed by atoms with E-state index in [1.165, 1.54) is 29.5 Å². The minimum atomic E-state index is 0.00352. The summed E-state index contributed by atoms with van der Waals surface area (Å²) in [4.78, 5) is 4.02. The van der Waals surface area contributed by atoms with Crippen LogP contribution in [0.4, 0.5) is 5.13 Å². The summed E-state index contributed by atoms with van der Waals surface area (Å²) in [6.07, 6.45) is 1.68. The Morgan fingerprint density at radius 2 is 2.00 bits per heavy atom. The van der Waals surface area contributed by atoms with E-state index in [0.29, 0.717) is 16.4 Å². The van der Waals surface area contributed by atoms with Crippen LogP contribution in [0, 0.1) is 0 Å². The van der Waals surface area contributed by atoms with Crippen molar-refractivity contribution in [3.8, 4) is 11.5 Å². The monoisotopic (exact) mass is 249 g/mol. The Morgan fingerprint density at radius 1 is 1.29 bits per heavy atom. The van der Waals surface area contributed by atoms with E-state index in [9.17, 15) is 10.2 Å². The molecule has 88 valence electrons. The molecule has 2 rings (SSSR count). The first-order chi connectivity index (χ1) is 8.15. The first-order valence-corrected chi connectivity index (χ1v) is 5.76. The van der Waals surface area contributed by atoms with Crippen molar-refractivity contribution in [3.05, 3.63) is 35.3 Å². The lowest BCUT2D eigenvalue weighted by Gasteiger charge is -2.03. The van der Waals surface area contributed by atoms with Gasteiger partial charge in [0.25, 0.3) is 0 Å². The number of nitrogens with one attached hydrogen (secondary N) is 1. The first-order valence-electron chi connectivity index (χ1n) is 4.88. The maximum Gasteiger partial charge on any atom is 0.203 e. The Bertz CT molecular complexity index is 517. The smallest absolute Gasteiger partial charge is 0.203 e. The molecule has 1 aromatic carbocycles.